The average Bonchev–Trinajstić information content (AvgIpc) is 2.91. The van der Waals surface area contributed by atoms with Crippen LogP contribution < -0.4 is 0 Å². The molecule has 1 heterocycles. The standard InChI is InChI=1S/C20H23NOS/c1-3-13-20(15-22,17-10-5-4-6-11-17)23-19-14-16-9-7-8-12-18(16)21(19)2/h4-12,14,22H,3,13,15H2,1-2H3. The first-order valence-corrected chi connectivity index (χ1v) is 8.91. The zero-order valence-corrected chi connectivity index (χ0v) is 14.5. The minimum atomic E-state index is -0.294. The van der Waals surface area contributed by atoms with Gasteiger partial charge in [0.1, 0.15) is 0 Å². The highest BCUT2D eigenvalue weighted by Crippen LogP contribution is 2.45. The maximum Gasteiger partial charge on any atom is 0.0765 e. The fourth-order valence-electron chi connectivity index (χ4n) is 3.16. The van der Waals surface area contributed by atoms with Gasteiger partial charge in [-0.05, 0) is 24.1 Å². The van der Waals surface area contributed by atoms with E-state index in [4.69, 9.17) is 0 Å². The number of aromatic nitrogens is 1. The van der Waals surface area contributed by atoms with Gasteiger partial charge in [-0.2, -0.15) is 0 Å². The van der Waals surface area contributed by atoms with Crippen molar-refractivity contribution in [2.45, 2.75) is 29.5 Å². The molecule has 3 heteroatoms. The van der Waals surface area contributed by atoms with Crippen LogP contribution in [0.3, 0.4) is 0 Å². The molecular formula is C20H23NOS. The monoisotopic (exact) mass is 325 g/mol. The lowest BCUT2D eigenvalue weighted by molar-refractivity contribution is 0.240. The summed E-state index contributed by atoms with van der Waals surface area (Å²) >= 11 is 1.78. The molecule has 1 aromatic heterocycles. The second kappa shape index (κ2) is 6.81. The molecule has 1 unspecified atom stereocenters. The van der Waals surface area contributed by atoms with Gasteiger partial charge in [0.05, 0.1) is 16.4 Å². The molecular weight excluding hydrogens is 302 g/mol. The number of rotatable bonds is 6. The number of aliphatic hydroxyl groups is 1. The van der Waals surface area contributed by atoms with Crippen molar-refractivity contribution >= 4 is 22.7 Å². The molecule has 0 aliphatic heterocycles. The second-order valence-electron chi connectivity index (χ2n) is 5.97. The Morgan fingerprint density at radius 3 is 2.39 bits per heavy atom. The van der Waals surface area contributed by atoms with Crippen LogP contribution in [-0.4, -0.2) is 16.3 Å². The smallest absolute Gasteiger partial charge is 0.0765 e. The molecule has 3 aromatic rings. The maximum atomic E-state index is 10.3. The fraction of sp³-hybridized carbons (Fsp3) is 0.300. The molecule has 0 aliphatic rings. The predicted molar refractivity (Wildman–Crippen MR) is 98.9 cm³/mol. The number of hydrogen-bond donors (Lipinski definition) is 1. The van der Waals surface area contributed by atoms with Crippen molar-refractivity contribution in [1.29, 1.82) is 0 Å². The molecule has 0 saturated heterocycles. The first kappa shape index (κ1) is 16.2. The van der Waals surface area contributed by atoms with E-state index < -0.39 is 0 Å². The summed E-state index contributed by atoms with van der Waals surface area (Å²) in [5, 5.41) is 12.7. The lowest BCUT2D eigenvalue weighted by atomic mass is 9.94. The summed E-state index contributed by atoms with van der Waals surface area (Å²) in [5.41, 5.74) is 2.42. The van der Waals surface area contributed by atoms with E-state index in [0.717, 1.165) is 12.8 Å². The highest BCUT2D eigenvalue weighted by Gasteiger charge is 2.33. The summed E-state index contributed by atoms with van der Waals surface area (Å²) in [4.78, 5) is 0. The quantitative estimate of drug-likeness (QED) is 0.648. The summed E-state index contributed by atoms with van der Waals surface area (Å²) in [6.07, 6.45) is 1.98. The first-order valence-electron chi connectivity index (χ1n) is 8.10. The van der Waals surface area contributed by atoms with Crippen molar-refractivity contribution in [3.63, 3.8) is 0 Å². The Hall–Kier alpha value is -1.71. The van der Waals surface area contributed by atoms with Gasteiger partial charge < -0.3 is 9.67 Å². The average molecular weight is 325 g/mol. The second-order valence-corrected chi connectivity index (χ2v) is 7.37. The van der Waals surface area contributed by atoms with Gasteiger partial charge >= 0.3 is 0 Å². The van der Waals surface area contributed by atoms with Crippen LogP contribution in [-0.2, 0) is 11.8 Å². The van der Waals surface area contributed by atoms with E-state index in [1.54, 1.807) is 11.8 Å². The molecule has 1 N–H and O–H groups in total. The van der Waals surface area contributed by atoms with E-state index in [2.05, 4.69) is 73.1 Å². The Morgan fingerprint density at radius 2 is 1.74 bits per heavy atom. The van der Waals surface area contributed by atoms with E-state index in [1.165, 1.54) is 21.5 Å². The van der Waals surface area contributed by atoms with Gasteiger partial charge in [0.15, 0.2) is 0 Å². The molecule has 3 rings (SSSR count). The Kier molecular flexibility index (Phi) is 4.79. The molecule has 0 saturated carbocycles. The number of fused-ring (bicyclic) bond motifs is 1. The van der Waals surface area contributed by atoms with Crippen LogP contribution in [0.4, 0.5) is 0 Å². The van der Waals surface area contributed by atoms with Crippen molar-refractivity contribution in [1.82, 2.24) is 4.57 Å². The highest BCUT2D eigenvalue weighted by atomic mass is 32.2. The van der Waals surface area contributed by atoms with Crippen LogP contribution in [0.5, 0.6) is 0 Å². The molecule has 2 nitrogen and oxygen atoms in total. The van der Waals surface area contributed by atoms with Crippen molar-refractivity contribution in [3.8, 4) is 0 Å². The fourth-order valence-corrected chi connectivity index (χ4v) is 4.61. The lowest BCUT2D eigenvalue weighted by Crippen LogP contribution is -2.27. The summed E-state index contributed by atoms with van der Waals surface area (Å²) in [6.45, 7) is 2.31. The number of para-hydroxylation sites is 1. The van der Waals surface area contributed by atoms with Crippen LogP contribution in [0.15, 0.2) is 65.7 Å². The third-order valence-corrected chi connectivity index (χ3v) is 5.98. The molecule has 0 bridgehead atoms. The number of nitrogens with zero attached hydrogens (tertiary/aromatic N) is 1. The summed E-state index contributed by atoms with van der Waals surface area (Å²) in [6, 6.07) is 21.0. The van der Waals surface area contributed by atoms with E-state index in [1.807, 2.05) is 6.07 Å². The highest BCUT2D eigenvalue weighted by molar-refractivity contribution is 8.00. The molecule has 0 spiro atoms. The van der Waals surface area contributed by atoms with E-state index in [0.29, 0.717) is 0 Å². The van der Waals surface area contributed by atoms with Crippen molar-refractivity contribution in [2.75, 3.05) is 6.61 Å². The van der Waals surface area contributed by atoms with Crippen LogP contribution in [0.1, 0.15) is 25.3 Å². The SMILES string of the molecule is CCCC(CO)(Sc1cc2ccccc2n1C)c1ccccc1. The Balaban J connectivity index is 2.05. The molecule has 0 fully saturated rings. The van der Waals surface area contributed by atoms with Gasteiger partial charge in [-0.3, -0.25) is 0 Å². The van der Waals surface area contributed by atoms with E-state index in [9.17, 15) is 5.11 Å². The van der Waals surface area contributed by atoms with Crippen molar-refractivity contribution in [2.24, 2.45) is 7.05 Å². The number of benzene rings is 2. The Morgan fingerprint density at radius 1 is 1.04 bits per heavy atom. The van der Waals surface area contributed by atoms with Crippen LogP contribution in [0, 0.1) is 0 Å². The molecule has 120 valence electrons. The maximum absolute atomic E-state index is 10.3. The Labute approximate surface area is 142 Å². The van der Waals surface area contributed by atoms with E-state index >= 15 is 0 Å². The third-order valence-electron chi connectivity index (χ3n) is 4.42. The number of aryl methyl sites for hydroxylation is 1. The van der Waals surface area contributed by atoms with Gasteiger partial charge in [-0.25, -0.2) is 0 Å². The topological polar surface area (TPSA) is 25.2 Å². The minimum Gasteiger partial charge on any atom is -0.395 e. The number of hydrogen-bond acceptors (Lipinski definition) is 2. The summed E-state index contributed by atoms with van der Waals surface area (Å²) in [5.74, 6) is 0. The molecule has 0 aliphatic carbocycles. The molecule has 23 heavy (non-hydrogen) atoms. The van der Waals surface area contributed by atoms with Gasteiger partial charge in [0, 0.05) is 18.0 Å². The summed E-state index contributed by atoms with van der Waals surface area (Å²) < 4.78 is 1.93. The summed E-state index contributed by atoms with van der Waals surface area (Å²) in [7, 11) is 2.10. The Bertz CT molecular complexity index is 781. The van der Waals surface area contributed by atoms with Crippen LogP contribution in [0.2, 0.25) is 0 Å². The van der Waals surface area contributed by atoms with Crippen molar-refractivity contribution < 1.29 is 5.11 Å². The minimum absolute atomic E-state index is 0.136. The van der Waals surface area contributed by atoms with Gasteiger partial charge in [0.25, 0.3) is 0 Å². The molecule has 0 amide bonds. The molecule has 0 radical (unpaired) electrons. The largest absolute Gasteiger partial charge is 0.395 e. The van der Waals surface area contributed by atoms with Gasteiger partial charge in [-0.1, -0.05) is 73.6 Å². The number of aliphatic hydroxyl groups excluding tert-OH is 1. The van der Waals surface area contributed by atoms with Crippen LogP contribution in [0.25, 0.3) is 10.9 Å². The molecule has 1 atom stereocenters. The van der Waals surface area contributed by atoms with Crippen LogP contribution >= 0.6 is 11.8 Å². The van der Waals surface area contributed by atoms with E-state index in [-0.39, 0.29) is 11.4 Å². The first-order chi connectivity index (χ1) is 11.2. The normalized spacial score (nSPS) is 14.0. The third kappa shape index (κ3) is 3.04. The zero-order valence-electron chi connectivity index (χ0n) is 13.7. The van der Waals surface area contributed by atoms with Gasteiger partial charge in [0.2, 0.25) is 0 Å². The van der Waals surface area contributed by atoms with Gasteiger partial charge in [-0.15, -0.1) is 0 Å². The lowest BCUT2D eigenvalue weighted by Gasteiger charge is -2.31. The number of thioether (sulfide) groups is 1. The predicted octanol–water partition coefficient (Wildman–Crippen LogP) is 4.96. The zero-order chi connectivity index (χ0) is 16.3. The molecule has 2 aromatic carbocycles. The van der Waals surface area contributed by atoms with Crippen molar-refractivity contribution in [3.05, 3.63) is 66.2 Å².